The van der Waals surface area contributed by atoms with Gasteiger partial charge in [-0.2, -0.15) is 0 Å². The maximum atomic E-state index is 13.2. The largest absolute Gasteiger partial charge is 0.378 e. The van der Waals surface area contributed by atoms with E-state index in [1.54, 1.807) is 6.20 Å². The predicted molar refractivity (Wildman–Crippen MR) is 95.9 cm³/mol. The number of carbonyl (C=O) groups is 1. The molecule has 6 heteroatoms. The molecule has 0 N–H and O–H groups in total. The van der Waals surface area contributed by atoms with Gasteiger partial charge in [-0.1, -0.05) is 12.1 Å². The summed E-state index contributed by atoms with van der Waals surface area (Å²) in [6.07, 6.45) is 7.74. The molecule has 0 saturated carbocycles. The third kappa shape index (κ3) is 3.39. The number of morpholine rings is 1. The summed E-state index contributed by atoms with van der Waals surface area (Å²) in [4.78, 5) is 21.6. The number of anilines is 1. The highest BCUT2D eigenvalue weighted by Crippen LogP contribution is 2.27. The van der Waals surface area contributed by atoms with Crippen LogP contribution in [0.4, 0.5) is 5.69 Å². The summed E-state index contributed by atoms with van der Waals surface area (Å²) in [5, 5.41) is 0. The summed E-state index contributed by atoms with van der Waals surface area (Å²) >= 11 is 0. The second-order valence-electron chi connectivity index (χ2n) is 6.67. The molecule has 132 valence electrons. The van der Waals surface area contributed by atoms with Crippen LogP contribution >= 0.6 is 0 Å². The lowest BCUT2D eigenvalue weighted by Crippen LogP contribution is -2.42. The van der Waals surface area contributed by atoms with Crippen LogP contribution in [0.2, 0.25) is 0 Å². The predicted octanol–water partition coefficient (Wildman–Crippen LogP) is 2.20. The molecule has 2 aliphatic heterocycles. The zero-order valence-electron chi connectivity index (χ0n) is 14.4. The molecule has 0 spiro atoms. The molecule has 1 aromatic heterocycles. The van der Waals surface area contributed by atoms with Gasteiger partial charge in [0.1, 0.15) is 0 Å². The molecule has 4 rings (SSSR count). The first-order valence-electron chi connectivity index (χ1n) is 9.01. The summed E-state index contributed by atoms with van der Waals surface area (Å²) in [5.41, 5.74) is 1.83. The molecule has 25 heavy (non-hydrogen) atoms. The topological polar surface area (TPSA) is 50.6 Å². The first-order chi connectivity index (χ1) is 12.3. The molecule has 2 aliphatic rings. The fourth-order valence-electron chi connectivity index (χ4n) is 3.77. The van der Waals surface area contributed by atoms with E-state index in [9.17, 15) is 4.79 Å². The normalized spacial score (nSPS) is 21.4. The average Bonchev–Trinajstić information content (AvgIpc) is 3.23. The molecule has 0 unspecified atom stereocenters. The lowest BCUT2D eigenvalue weighted by molar-refractivity contribution is 0.0679. The summed E-state index contributed by atoms with van der Waals surface area (Å²) < 4.78 is 7.57. The first-order valence-corrected chi connectivity index (χ1v) is 9.01. The zero-order valence-corrected chi connectivity index (χ0v) is 14.4. The van der Waals surface area contributed by atoms with Crippen LogP contribution in [-0.4, -0.2) is 59.8 Å². The lowest BCUT2D eigenvalue weighted by atomic mass is 10.0. The summed E-state index contributed by atoms with van der Waals surface area (Å²) in [6.45, 7) is 4.67. The molecule has 0 radical (unpaired) electrons. The number of para-hydroxylation sites is 1. The molecular formula is C19H24N4O2. The number of nitrogens with zero attached hydrogens (tertiary/aromatic N) is 4. The van der Waals surface area contributed by atoms with Gasteiger partial charge >= 0.3 is 0 Å². The monoisotopic (exact) mass is 340 g/mol. The van der Waals surface area contributed by atoms with Gasteiger partial charge in [0.2, 0.25) is 0 Å². The van der Waals surface area contributed by atoms with Crippen molar-refractivity contribution in [2.24, 2.45) is 0 Å². The minimum Gasteiger partial charge on any atom is -0.378 e. The maximum Gasteiger partial charge on any atom is 0.256 e. The maximum absolute atomic E-state index is 13.2. The van der Waals surface area contributed by atoms with Crippen LogP contribution in [0.5, 0.6) is 0 Å². The smallest absolute Gasteiger partial charge is 0.256 e. The molecule has 1 amide bonds. The minimum atomic E-state index is 0.131. The van der Waals surface area contributed by atoms with Crippen LogP contribution in [0.3, 0.4) is 0 Å². The molecule has 0 aliphatic carbocycles. The Morgan fingerprint density at radius 2 is 2.00 bits per heavy atom. The van der Waals surface area contributed by atoms with Crippen molar-refractivity contribution in [3.63, 3.8) is 0 Å². The SMILES string of the molecule is O=C(c1ccccc1N1CCOCC1)N1CCC[C@@H](n2ccnc2)C1. The highest BCUT2D eigenvalue weighted by atomic mass is 16.5. The third-order valence-electron chi connectivity index (χ3n) is 5.12. The van der Waals surface area contributed by atoms with Crippen molar-refractivity contribution in [2.75, 3.05) is 44.3 Å². The van der Waals surface area contributed by atoms with Gasteiger partial charge < -0.3 is 19.1 Å². The Bertz CT molecular complexity index is 710. The van der Waals surface area contributed by atoms with Crippen LogP contribution in [0.15, 0.2) is 43.0 Å². The molecule has 1 atom stereocenters. The number of carbonyl (C=O) groups excluding carboxylic acids is 1. The Kier molecular flexibility index (Phi) is 4.70. The van der Waals surface area contributed by atoms with Crippen molar-refractivity contribution >= 4 is 11.6 Å². The van der Waals surface area contributed by atoms with Gasteiger partial charge in [-0.3, -0.25) is 4.79 Å². The minimum absolute atomic E-state index is 0.131. The Labute approximate surface area is 148 Å². The van der Waals surface area contributed by atoms with Crippen molar-refractivity contribution in [3.05, 3.63) is 48.5 Å². The zero-order chi connectivity index (χ0) is 17.1. The fourth-order valence-corrected chi connectivity index (χ4v) is 3.77. The molecule has 0 bridgehead atoms. The summed E-state index contributed by atoms with van der Waals surface area (Å²) in [6, 6.07) is 8.28. The highest BCUT2D eigenvalue weighted by Gasteiger charge is 2.27. The molecule has 1 aromatic carbocycles. The molecule has 3 heterocycles. The fraction of sp³-hybridized carbons (Fsp3) is 0.474. The van der Waals surface area contributed by atoms with E-state index in [0.717, 1.165) is 63.5 Å². The second-order valence-corrected chi connectivity index (χ2v) is 6.67. The van der Waals surface area contributed by atoms with Crippen molar-refractivity contribution in [1.29, 1.82) is 0 Å². The average molecular weight is 340 g/mol. The Hall–Kier alpha value is -2.34. The molecule has 6 nitrogen and oxygen atoms in total. The number of amides is 1. The van der Waals surface area contributed by atoms with E-state index in [2.05, 4.69) is 20.5 Å². The van der Waals surface area contributed by atoms with Crippen molar-refractivity contribution in [2.45, 2.75) is 18.9 Å². The highest BCUT2D eigenvalue weighted by molar-refractivity contribution is 6.00. The van der Waals surface area contributed by atoms with Gasteiger partial charge in [-0.25, -0.2) is 4.98 Å². The Morgan fingerprint density at radius 3 is 2.80 bits per heavy atom. The van der Waals surface area contributed by atoms with E-state index < -0.39 is 0 Å². The van der Waals surface area contributed by atoms with Gasteiger partial charge in [-0.05, 0) is 25.0 Å². The van der Waals surface area contributed by atoms with Crippen molar-refractivity contribution < 1.29 is 9.53 Å². The van der Waals surface area contributed by atoms with Crippen LogP contribution in [-0.2, 0) is 4.74 Å². The van der Waals surface area contributed by atoms with E-state index in [4.69, 9.17) is 4.74 Å². The number of likely N-dealkylation sites (tertiary alicyclic amines) is 1. The molecule has 2 saturated heterocycles. The second kappa shape index (κ2) is 7.27. The van der Waals surface area contributed by atoms with Gasteiger partial charge in [0.15, 0.2) is 0 Å². The summed E-state index contributed by atoms with van der Waals surface area (Å²) in [5.74, 6) is 0.131. The Morgan fingerprint density at radius 1 is 1.16 bits per heavy atom. The first kappa shape index (κ1) is 16.1. The van der Waals surface area contributed by atoms with Gasteiger partial charge in [-0.15, -0.1) is 0 Å². The number of benzene rings is 1. The van der Waals surface area contributed by atoms with E-state index in [1.165, 1.54) is 0 Å². The number of imidazole rings is 1. The van der Waals surface area contributed by atoms with Crippen LogP contribution in [0.1, 0.15) is 29.2 Å². The van der Waals surface area contributed by atoms with Crippen LogP contribution in [0.25, 0.3) is 0 Å². The lowest BCUT2D eigenvalue weighted by Gasteiger charge is -2.35. The van der Waals surface area contributed by atoms with Gasteiger partial charge in [0, 0.05) is 44.3 Å². The number of ether oxygens (including phenoxy) is 1. The quantitative estimate of drug-likeness (QED) is 0.859. The number of rotatable bonds is 3. The van der Waals surface area contributed by atoms with E-state index >= 15 is 0 Å². The number of hydrogen-bond donors (Lipinski definition) is 0. The summed E-state index contributed by atoms with van der Waals surface area (Å²) in [7, 11) is 0. The Balaban J connectivity index is 1.54. The van der Waals surface area contributed by atoms with Gasteiger partial charge in [0.25, 0.3) is 5.91 Å². The number of aromatic nitrogens is 2. The number of piperidine rings is 1. The van der Waals surface area contributed by atoms with Crippen molar-refractivity contribution in [3.8, 4) is 0 Å². The number of hydrogen-bond acceptors (Lipinski definition) is 4. The van der Waals surface area contributed by atoms with Crippen LogP contribution in [0, 0.1) is 0 Å². The third-order valence-corrected chi connectivity index (χ3v) is 5.12. The van der Waals surface area contributed by atoms with Crippen molar-refractivity contribution in [1.82, 2.24) is 14.5 Å². The van der Waals surface area contributed by atoms with Crippen LogP contribution < -0.4 is 4.90 Å². The standard InChI is InChI=1S/C19H24N4O2/c24-19(22-8-3-4-16(14-22)23-9-7-20-15-23)17-5-1-2-6-18(17)21-10-12-25-13-11-21/h1-2,5-7,9,15-16H,3-4,8,10-14H2/t16-/m1/s1. The van der Waals surface area contributed by atoms with E-state index in [-0.39, 0.29) is 5.91 Å². The molecule has 2 fully saturated rings. The molecule has 2 aromatic rings. The van der Waals surface area contributed by atoms with Gasteiger partial charge in [0.05, 0.1) is 31.1 Å². The van der Waals surface area contributed by atoms with E-state index in [0.29, 0.717) is 6.04 Å². The molecular weight excluding hydrogens is 316 g/mol. The van der Waals surface area contributed by atoms with E-state index in [1.807, 2.05) is 35.6 Å².